The average Bonchev–Trinajstić information content (AvgIpc) is 3.08. The van der Waals surface area contributed by atoms with Crippen molar-refractivity contribution in [1.29, 1.82) is 0 Å². The molecule has 1 aliphatic rings. The van der Waals surface area contributed by atoms with Crippen LogP contribution in [0, 0.1) is 0 Å². The summed E-state index contributed by atoms with van der Waals surface area (Å²) in [4.78, 5) is 24.5. The third-order valence-corrected chi connectivity index (χ3v) is 5.78. The van der Waals surface area contributed by atoms with Crippen molar-refractivity contribution < 1.29 is 14.3 Å². The fraction of sp³-hybridized carbons (Fsp3) is 0.476. The Labute approximate surface area is 173 Å². The molecule has 0 fully saturated rings. The van der Waals surface area contributed by atoms with Crippen molar-refractivity contribution in [2.45, 2.75) is 58.0 Å². The average molecular weight is 448 g/mol. The van der Waals surface area contributed by atoms with Crippen LogP contribution in [0.15, 0.2) is 28.7 Å². The molecule has 0 radical (unpaired) electrons. The lowest BCUT2D eigenvalue weighted by atomic mass is 9.96. The van der Waals surface area contributed by atoms with E-state index in [1.54, 1.807) is 0 Å². The molecule has 3 rings (SSSR count). The van der Waals surface area contributed by atoms with Crippen LogP contribution >= 0.6 is 15.9 Å². The number of carbonyl (C=O) groups excluding carboxylic acids is 2. The minimum Gasteiger partial charge on any atom is -0.465 e. The quantitative estimate of drug-likeness (QED) is 0.651. The fourth-order valence-electron chi connectivity index (χ4n) is 3.58. The molecular formula is C21H26BrN3O3. The number of aromatic nitrogens is 2. The molecule has 28 heavy (non-hydrogen) atoms. The molecule has 0 saturated carbocycles. The third-order valence-electron chi connectivity index (χ3n) is 5.25. The van der Waals surface area contributed by atoms with E-state index in [0.717, 1.165) is 42.4 Å². The van der Waals surface area contributed by atoms with Crippen LogP contribution in [0.4, 0.5) is 0 Å². The zero-order valence-electron chi connectivity index (χ0n) is 16.3. The van der Waals surface area contributed by atoms with E-state index in [1.807, 2.05) is 16.8 Å². The highest BCUT2D eigenvalue weighted by atomic mass is 79.9. The monoisotopic (exact) mass is 447 g/mol. The number of fused-ring (bicyclic) bond motifs is 1. The van der Waals surface area contributed by atoms with Gasteiger partial charge in [0.2, 0.25) is 5.91 Å². The molecular weight excluding hydrogens is 422 g/mol. The minimum absolute atomic E-state index is 0.0363. The van der Waals surface area contributed by atoms with Crippen molar-refractivity contribution in [3.05, 3.63) is 51.3 Å². The maximum atomic E-state index is 12.3. The van der Waals surface area contributed by atoms with Gasteiger partial charge in [-0.05, 0) is 49.3 Å². The van der Waals surface area contributed by atoms with E-state index in [2.05, 4.69) is 45.4 Å². The number of carbonyl (C=O) groups is 2. The first kappa shape index (κ1) is 20.6. The van der Waals surface area contributed by atoms with Crippen molar-refractivity contribution in [3.63, 3.8) is 0 Å². The van der Waals surface area contributed by atoms with E-state index in [0.29, 0.717) is 23.6 Å². The number of esters is 1. The number of halogens is 1. The fourth-order valence-corrected chi connectivity index (χ4v) is 3.85. The molecule has 2 aromatic rings. The molecule has 2 heterocycles. The smallest absolute Gasteiger partial charge is 0.341 e. The molecule has 0 saturated heterocycles. The van der Waals surface area contributed by atoms with Gasteiger partial charge >= 0.3 is 5.97 Å². The van der Waals surface area contributed by atoms with E-state index in [-0.39, 0.29) is 18.4 Å². The number of ether oxygens (including phenoxy) is 1. The number of rotatable bonds is 7. The van der Waals surface area contributed by atoms with Gasteiger partial charge in [0.15, 0.2) is 0 Å². The standard InChI is InChI=1S/C21H26BrN3O3/c1-14(15-7-9-16(22)10-8-15)6-11-19(26)23-13-17-20(21(27)28-2)18-5-3-4-12-25(18)24-17/h7-10,14H,3-6,11-13H2,1-2H3,(H,23,26). The first-order valence-corrected chi connectivity index (χ1v) is 10.5. The van der Waals surface area contributed by atoms with Gasteiger partial charge < -0.3 is 10.1 Å². The summed E-state index contributed by atoms with van der Waals surface area (Å²) in [6.45, 7) is 3.17. The summed E-state index contributed by atoms with van der Waals surface area (Å²) in [6, 6.07) is 8.18. The molecule has 1 N–H and O–H groups in total. The van der Waals surface area contributed by atoms with Crippen LogP contribution in [-0.4, -0.2) is 28.8 Å². The molecule has 1 aromatic heterocycles. The molecule has 1 aromatic carbocycles. The molecule has 1 amide bonds. The number of aryl methyl sites for hydroxylation is 1. The topological polar surface area (TPSA) is 73.2 Å². The highest BCUT2D eigenvalue weighted by molar-refractivity contribution is 9.10. The summed E-state index contributed by atoms with van der Waals surface area (Å²) >= 11 is 3.44. The van der Waals surface area contributed by atoms with E-state index < -0.39 is 0 Å². The first-order chi connectivity index (χ1) is 13.5. The van der Waals surface area contributed by atoms with Crippen molar-refractivity contribution in [2.75, 3.05) is 7.11 Å². The minimum atomic E-state index is -0.378. The van der Waals surface area contributed by atoms with Crippen molar-refractivity contribution in [2.24, 2.45) is 0 Å². The predicted molar refractivity (Wildman–Crippen MR) is 110 cm³/mol. The number of hydrogen-bond donors (Lipinski definition) is 1. The molecule has 6 nitrogen and oxygen atoms in total. The Balaban J connectivity index is 1.58. The molecule has 150 valence electrons. The Hall–Kier alpha value is -2.15. The lowest BCUT2D eigenvalue weighted by Crippen LogP contribution is -2.24. The van der Waals surface area contributed by atoms with Crippen LogP contribution in [0.1, 0.15) is 65.8 Å². The van der Waals surface area contributed by atoms with E-state index >= 15 is 0 Å². The summed E-state index contributed by atoms with van der Waals surface area (Å²) in [6.07, 6.45) is 4.09. The second-order valence-corrected chi connectivity index (χ2v) is 8.12. The molecule has 0 aliphatic carbocycles. The number of nitrogens with one attached hydrogen (secondary N) is 1. The third kappa shape index (κ3) is 4.82. The van der Waals surface area contributed by atoms with E-state index in [9.17, 15) is 9.59 Å². The van der Waals surface area contributed by atoms with Crippen LogP contribution in [0.2, 0.25) is 0 Å². The van der Waals surface area contributed by atoms with E-state index in [1.165, 1.54) is 12.7 Å². The highest BCUT2D eigenvalue weighted by Crippen LogP contribution is 2.24. The Morgan fingerprint density at radius 3 is 2.75 bits per heavy atom. The number of benzene rings is 1. The van der Waals surface area contributed by atoms with Gasteiger partial charge in [-0.1, -0.05) is 35.0 Å². The van der Waals surface area contributed by atoms with Gasteiger partial charge in [0, 0.05) is 17.4 Å². The molecule has 1 unspecified atom stereocenters. The normalized spacial score (nSPS) is 14.2. The van der Waals surface area contributed by atoms with Crippen molar-refractivity contribution in [1.82, 2.24) is 15.1 Å². The number of nitrogens with zero attached hydrogens (tertiary/aromatic N) is 2. The summed E-state index contributed by atoms with van der Waals surface area (Å²) in [5.74, 6) is -0.119. The number of methoxy groups -OCH3 is 1. The van der Waals surface area contributed by atoms with Gasteiger partial charge in [-0.15, -0.1) is 0 Å². The first-order valence-electron chi connectivity index (χ1n) is 9.68. The van der Waals surface area contributed by atoms with Crippen LogP contribution < -0.4 is 5.32 Å². The molecule has 7 heteroatoms. The summed E-state index contributed by atoms with van der Waals surface area (Å²) < 4.78 is 7.86. The summed E-state index contributed by atoms with van der Waals surface area (Å²) in [7, 11) is 1.38. The second kappa shape index (κ2) is 9.37. The van der Waals surface area contributed by atoms with Gasteiger partial charge in [-0.2, -0.15) is 5.10 Å². The Bertz CT molecular complexity index is 845. The van der Waals surface area contributed by atoms with Crippen LogP contribution in [0.3, 0.4) is 0 Å². The van der Waals surface area contributed by atoms with Crippen LogP contribution in [0.25, 0.3) is 0 Å². The highest BCUT2D eigenvalue weighted by Gasteiger charge is 2.26. The van der Waals surface area contributed by atoms with Crippen molar-refractivity contribution >= 4 is 27.8 Å². The maximum Gasteiger partial charge on any atom is 0.341 e. The maximum absolute atomic E-state index is 12.3. The SMILES string of the molecule is COC(=O)c1c(CNC(=O)CCC(C)c2ccc(Br)cc2)nn2c1CCCC2. The number of hydrogen-bond acceptors (Lipinski definition) is 4. The zero-order chi connectivity index (χ0) is 20.1. The van der Waals surface area contributed by atoms with Gasteiger partial charge in [0.1, 0.15) is 5.56 Å². The Morgan fingerprint density at radius 1 is 1.29 bits per heavy atom. The Morgan fingerprint density at radius 2 is 2.04 bits per heavy atom. The van der Waals surface area contributed by atoms with Gasteiger partial charge in [0.25, 0.3) is 0 Å². The summed E-state index contributed by atoms with van der Waals surface area (Å²) in [5, 5.41) is 7.45. The van der Waals surface area contributed by atoms with Crippen molar-refractivity contribution in [3.8, 4) is 0 Å². The van der Waals surface area contributed by atoms with Crippen LogP contribution in [-0.2, 0) is 29.0 Å². The van der Waals surface area contributed by atoms with Crippen LogP contribution in [0.5, 0.6) is 0 Å². The molecule has 1 aliphatic heterocycles. The zero-order valence-corrected chi connectivity index (χ0v) is 17.9. The second-order valence-electron chi connectivity index (χ2n) is 7.21. The Kier molecular flexibility index (Phi) is 6.88. The largest absolute Gasteiger partial charge is 0.465 e. The summed E-state index contributed by atoms with van der Waals surface area (Å²) in [5.41, 5.74) is 3.25. The number of amides is 1. The predicted octanol–water partition coefficient (Wildman–Crippen LogP) is 3.97. The molecule has 1 atom stereocenters. The van der Waals surface area contributed by atoms with Gasteiger partial charge in [-0.25, -0.2) is 4.79 Å². The lowest BCUT2D eigenvalue weighted by Gasteiger charge is -2.13. The van der Waals surface area contributed by atoms with Gasteiger partial charge in [-0.3, -0.25) is 9.48 Å². The van der Waals surface area contributed by atoms with Gasteiger partial charge in [0.05, 0.1) is 25.0 Å². The lowest BCUT2D eigenvalue weighted by molar-refractivity contribution is -0.121. The molecule has 0 bridgehead atoms. The molecule has 0 spiro atoms. The van der Waals surface area contributed by atoms with E-state index in [4.69, 9.17) is 4.74 Å².